The number of carbonyl (C=O) groups is 1. The fourth-order valence-corrected chi connectivity index (χ4v) is 2.65. The molecule has 3 N–H and O–H groups in total. The van der Waals surface area contributed by atoms with Gasteiger partial charge in [-0.05, 0) is 48.5 Å². The molecule has 1 aromatic heterocycles. The Bertz CT molecular complexity index is 1230. The van der Waals surface area contributed by atoms with Crippen molar-refractivity contribution in [2.24, 2.45) is 0 Å². The van der Waals surface area contributed by atoms with Crippen molar-refractivity contribution in [2.45, 2.75) is 12.8 Å². The van der Waals surface area contributed by atoms with Crippen molar-refractivity contribution in [3.8, 4) is 5.75 Å². The number of furan rings is 1. The van der Waals surface area contributed by atoms with Crippen LogP contribution in [0.1, 0.15) is 27.2 Å². The molecule has 0 saturated heterocycles. The van der Waals surface area contributed by atoms with E-state index in [4.69, 9.17) is 20.0 Å². The summed E-state index contributed by atoms with van der Waals surface area (Å²) >= 11 is 0. The number of halogens is 6. The van der Waals surface area contributed by atoms with E-state index in [9.17, 15) is 31.1 Å². The molecule has 0 aliphatic carbocycles. The molecular formula is C21H13F6N3O4. The number of hydrogen-bond donors (Lipinski definition) is 3. The summed E-state index contributed by atoms with van der Waals surface area (Å²) < 4.78 is 92.6. The van der Waals surface area contributed by atoms with Crippen molar-refractivity contribution in [3.63, 3.8) is 0 Å². The zero-order valence-corrected chi connectivity index (χ0v) is 16.7. The van der Waals surface area contributed by atoms with Crippen molar-refractivity contribution in [1.29, 1.82) is 10.8 Å². The van der Waals surface area contributed by atoms with E-state index >= 15 is 0 Å². The van der Waals surface area contributed by atoms with Crippen LogP contribution in [0, 0.1) is 16.6 Å². The van der Waals surface area contributed by atoms with Gasteiger partial charge in [-0.15, -0.1) is 0 Å². The molecule has 1 amide bonds. The lowest BCUT2D eigenvalue weighted by Crippen LogP contribution is -2.18. The van der Waals surface area contributed by atoms with Crippen LogP contribution in [0.15, 0.2) is 59.2 Å². The highest BCUT2D eigenvalue weighted by Gasteiger charge is 2.32. The minimum Gasteiger partial charge on any atom is -0.459 e. The Kier molecular flexibility index (Phi) is 6.94. The van der Waals surface area contributed by atoms with Gasteiger partial charge in [-0.25, -0.2) is 4.39 Å². The molecule has 0 fully saturated rings. The largest absolute Gasteiger partial charge is 0.459 e. The van der Waals surface area contributed by atoms with E-state index in [1.54, 1.807) is 0 Å². The maximum absolute atomic E-state index is 14.3. The summed E-state index contributed by atoms with van der Waals surface area (Å²) in [5.41, 5.74) is -2.96. The number of alkyl halides is 5. The number of ether oxygens (including phenoxy) is 2. The zero-order chi connectivity index (χ0) is 25.0. The molecule has 0 bridgehead atoms. The van der Waals surface area contributed by atoms with E-state index in [1.807, 2.05) is 5.32 Å². The molecule has 3 aromatic rings. The predicted octanol–water partition coefficient (Wildman–Crippen LogP) is 5.66. The molecule has 0 unspecified atom stereocenters. The van der Waals surface area contributed by atoms with Gasteiger partial charge in [0.15, 0.2) is 5.76 Å². The number of nitrogens with one attached hydrogen (secondary N) is 3. The number of benzene rings is 2. The first-order valence-corrected chi connectivity index (χ1v) is 9.12. The summed E-state index contributed by atoms with van der Waals surface area (Å²) in [6, 6.07) is 6.95. The smallest absolute Gasteiger partial charge is 0.416 e. The van der Waals surface area contributed by atoms with Crippen LogP contribution in [0.5, 0.6) is 5.75 Å². The highest BCUT2D eigenvalue weighted by atomic mass is 19.4. The van der Waals surface area contributed by atoms with Gasteiger partial charge < -0.3 is 19.2 Å². The highest BCUT2D eigenvalue weighted by molar-refractivity contribution is 6.08. The first-order chi connectivity index (χ1) is 16.0. The average Bonchev–Trinajstić information content (AvgIpc) is 3.29. The van der Waals surface area contributed by atoms with Gasteiger partial charge in [0, 0.05) is 5.56 Å². The van der Waals surface area contributed by atoms with Gasteiger partial charge in [0.2, 0.25) is 5.90 Å². The lowest BCUT2D eigenvalue weighted by atomic mass is 10.1. The number of rotatable bonds is 6. The summed E-state index contributed by atoms with van der Waals surface area (Å²) in [6.07, 6.45) is -3.63. The van der Waals surface area contributed by atoms with Crippen LogP contribution in [0.2, 0.25) is 0 Å². The van der Waals surface area contributed by atoms with Gasteiger partial charge in [0.05, 0.1) is 23.1 Å². The maximum atomic E-state index is 14.3. The van der Waals surface area contributed by atoms with Crippen LogP contribution >= 0.6 is 0 Å². The number of amides is 1. The summed E-state index contributed by atoms with van der Waals surface area (Å²) in [6.45, 7) is -3.44. The van der Waals surface area contributed by atoms with Crippen LogP contribution in [0.3, 0.4) is 0 Å². The second-order valence-corrected chi connectivity index (χ2v) is 6.47. The summed E-state index contributed by atoms with van der Waals surface area (Å²) in [5, 5.41) is 17.6. The van der Waals surface area contributed by atoms with Crippen molar-refractivity contribution >= 4 is 23.4 Å². The van der Waals surface area contributed by atoms with E-state index in [2.05, 4.69) is 4.74 Å². The minimum absolute atomic E-state index is 0.00325. The molecule has 0 aliphatic heterocycles. The SMILES string of the molecule is N=C(OC(=N)c1ccco1)c1ccc(F)c(NC(=O)c2cc(C(F)(F)F)ccc2OC(F)F)c1. The average molecular weight is 485 g/mol. The molecule has 0 saturated carbocycles. The second-order valence-electron chi connectivity index (χ2n) is 6.47. The van der Waals surface area contributed by atoms with Gasteiger partial charge in [0.1, 0.15) is 11.6 Å². The van der Waals surface area contributed by atoms with Gasteiger partial charge >= 0.3 is 12.8 Å². The van der Waals surface area contributed by atoms with Crippen LogP contribution in [0.4, 0.5) is 32.0 Å². The van der Waals surface area contributed by atoms with E-state index in [0.717, 1.165) is 18.2 Å². The molecule has 1 heterocycles. The van der Waals surface area contributed by atoms with Gasteiger partial charge in [0.25, 0.3) is 11.8 Å². The normalized spacial score (nSPS) is 11.3. The third-order valence-electron chi connectivity index (χ3n) is 4.19. The summed E-state index contributed by atoms with van der Waals surface area (Å²) in [5.74, 6) is -4.47. The Morgan fingerprint density at radius 1 is 1.03 bits per heavy atom. The van der Waals surface area contributed by atoms with E-state index < -0.39 is 58.9 Å². The molecule has 0 aliphatic rings. The Morgan fingerprint density at radius 2 is 1.76 bits per heavy atom. The molecule has 3 rings (SSSR count). The number of carbonyl (C=O) groups excluding carboxylic acids is 1. The topological polar surface area (TPSA) is 108 Å². The van der Waals surface area contributed by atoms with Crippen molar-refractivity contribution in [3.05, 3.63) is 83.1 Å². The Hall–Kier alpha value is -4.29. The van der Waals surface area contributed by atoms with E-state index in [0.29, 0.717) is 12.1 Å². The van der Waals surface area contributed by atoms with Gasteiger partial charge in [-0.2, -0.15) is 22.0 Å². The first-order valence-electron chi connectivity index (χ1n) is 9.12. The maximum Gasteiger partial charge on any atom is 0.416 e. The Morgan fingerprint density at radius 3 is 2.38 bits per heavy atom. The fraction of sp³-hybridized carbons (Fsp3) is 0.0952. The highest BCUT2D eigenvalue weighted by Crippen LogP contribution is 2.33. The van der Waals surface area contributed by atoms with Crippen molar-refractivity contribution < 1.29 is 45.0 Å². The van der Waals surface area contributed by atoms with Crippen LogP contribution < -0.4 is 10.1 Å². The Labute approximate surface area is 186 Å². The van der Waals surface area contributed by atoms with E-state index in [-0.39, 0.29) is 17.4 Å². The molecule has 7 nitrogen and oxygen atoms in total. The predicted molar refractivity (Wildman–Crippen MR) is 106 cm³/mol. The molecule has 13 heteroatoms. The molecule has 2 aromatic carbocycles. The van der Waals surface area contributed by atoms with Crippen molar-refractivity contribution in [1.82, 2.24) is 0 Å². The molecule has 0 radical (unpaired) electrons. The molecule has 0 atom stereocenters. The van der Waals surface area contributed by atoms with Crippen LogP contribution in [0.25, 0.3) is 0 Å². The second kappa shape index (κ2) is 9.68. The van der Waals surface area contributed by atoms with Crippen molar-refractivity contribution in [2.75, 3.05) is 5.32 Å². The minimum atomic E-state index is -4.89. The monoisotopic (exact) mass is 485 g/mol. The van der Waals surface area contributed by atoms with Crippen LogP contribution in [-0.2, 0) is 10.9 Å². The van der Waals surface area contributed by atoms with Gasteiger partial charge in [-0.3, -0.25) is 15.6 Å². The summed E-state index contributed by atoms with van der Waals surface area (Å²) in [7, 11) is 0. The molecule has 178 valence electrons. The lowest BCUT2D eigenvalue weighted by molar-refractivity contribution is -0.137. The molecule has 34 heavy (non-hydrogen) atoms. The lowest BCUT2D eigenvalue weighted by Gasteiger charge is -2.15. The van der Waals surface area contributed by atoms with E-state index in [1.165, 1.54) is 18.4 Å². The third kappa shape index (κ3) is 5.74. The standard InChI is InChI=1S/C21H13F6N3O4/c22-13-5-3-10(17(28)34-18(29)16-2-1-7-32-16)8-14(13)30-19(31)12-9-11(21(25,26)27)4-6-15(12)33-20(23)24/h1-9,20,28-29H,(H,30,31). The molecular weight excluding hydrogens is 472 g/mol. The third-order valence-corrected chi connectivity index (χ3v) is 4.19. The van der Waals surface area contributed by atoms with Gasteiger partial charge in [-0.1, -0.05) is 0 Å². The fourth-order valence-electron chi connectivity index (χ4n) is 2.65. The first kappa shape index (κ1) is 24.4. The summed E-state index contributed by atoms with van der Waals surface area (Å²) in [4.78, 5) is 12.6. The van der Waals surface area contributed by atoms with Crippen LogP contribution in [-0.4, -0.2) is 24.3 Å². The number of hydrogen-bond acceptors (Lipinski definition) is 6. The quantitative estimate of drug-likeness (QED) is 0.238. The Balaban J connectivity index is 1.87. The number of anilines is 1. The molecule has 0 spiro atoms. The zero-order valence-electron chi connectivity index (χ0n) is 16.7.